The van der Waals surface area contributed by atoms with Crippen LogP contribution in [0.15, 0.2) is 32.7 Å². The monoisotopic (exact) mass is 313 g/mol. The minimum absolute atomic E-state index is 0.241. The third-order valence-corrected chi connectivity index (χ3v) is 4.38. The van der Waals surface area contributed by atoms with Gasteiger partial charge in [-0.25, -0.2) is 0 Å². The van der Waals surface area contributed by atoms with Crippen molar-refractivity contribution < 1.29 is 4.42 Å². The molecule has 1 atom stereocenters. The molecule has 2 nitrogen and oxygen atoms in total. The van der Waals surface area contributed by atoms with E-state index in [2.05, 4.69) is 46.4 Å². The second-order valence-corrected chi connectivity index (χ2v) is 6.46. The summed E-state index contributed by atoms with van der Waals surface area (Å²) in [6.45, 7) is 5.19. The highest BCUT2D eigenvalue weighted by Gasteiger charge is 2.18. The van der Waals surface area contributed by atoms with Crippen molar-refractivity contribution in [2.24, 2.45) is 0 Å². The highest BCUT2D eigenvalue weighted by molar-refractivity contribution is 9.11. The minimum Gasteiger partial charge on any atom is -0.469 e. The van der Waals surface area contributed by atoms with Crippen molar-refractivity contribution >= 4 is 27.3 Å². The Bertz CT molecular complexity index is 477. The number of nitrogens with one attached hydrogen (secondary N) is 1. The number of furan rings is 1. The van der Waals surface area contributed by atoms with Crippen molar-refractivity contribution in [3.63, 3.8) is 0 Å². The van der Waals surface area contributed by atoms with Gasteiger partial charge < -0.3 is 9.73 Å². The smallest absolute Gasteiger partial charge is 0.105 e. The average molecular weight is 314 g/mol. The largest absolute Gasteiger partial charge is 0.469 e. The van der Waals surface area contributed by atoms with Crippen molar-refractivity contribution in [2.45, 2.75) is 26.3 Å². The summed E-state index contributed by atoms with van der Waals surface area (Å²) in [5, 5.41) is 3.57. The quantitative estimate of drug-likeness (QED) is 0.879. The van der Waals surface area contributed by atoms with Crippen molar-refractivity contribution in [3.05, 3.63) is 44.4 Å². The molecule has 0 radical (unpaired) electrons. The standard InChI is InChI=1S/C13H16BrNOS/c1-3-7-15-13(10-6-8-16-9(10)2)11-4-5-12(14)17-11/h4-6,8,13,15H,3,7H2,1-2H3. The van der Waals surface area contributed by atoms with Gasteiger partial charge in [-0.05, 0) is 54.0 Å². The van der Waals surface area contributed by atoms with E-state index in [0.717, 1.165) is 22.5 Å². The molecule has 2 heterocycles. The molecule has 0 aliphatic carbocycles. The predicted molar refractivity (Wildman–Crippen MR) is 75.6 cm³/mol. The Morgan fingerprint density at radius 3 is 2.76 bits per heavy atom. The number of hydrogen-bond acceptors (Lipinski definition) is 3. The molecule has 17 heavy (non-hydrogen) atoms. The van der Waals surface area contributed by atoms with Gasteiger partial charge in [0.1, 0.15) is 5.76 Å². The maximum Gasteiger partial charge on any atom is 0.105 e. The van der Waals surface area contributed by atoms with Gasteiger partial charge in [0.15, 0.2) is 0 Å². The van der Waals surface area contributed by atoms with Gasteiger partial charge >= 0.3 is 0 Å². The third-order valence-electron chi connectivity index (χ3n) is 2.69. The zero-order valence-corrected chi connectivity index (χ0v) is 12.4. The highest BCUT2D eigenvalue weighted by atomic mass is 79.9. The molecule has 1 N–H and O–H groups in total. The molecular formula is C13H16BrNOS. The summed E-state index contributed by atoms with van der Waals surface area (Å²) in [6, 6.07) is 6.55. The SMILES string of the molecule is CCCNC(c1ccc(Br)s1)c1ccoc1C. The Morgan fingerprint density at radius 1 is 1.41 bits per heavy atom. The van der Waals surface area contributed by atoms with E-state index in [1.54, 1.807) is 17.6 Å². The maximum absolute atomic E-state index is 5.41. The summed E-state index contributed by atoms with van der Waals surface area (Å²) in [4.78, 5) is 1.31. The molecule has 0 aliphatic heterocycles. The lowest BCUT2D eigenvalue weighted by molar-refractivity contribution is 0.518. The van der Waals surface area contributed by atoms with Crippen LogP contribution in [-0.2, 0) is 0 Å². The Hall–Kier alpha value is -0.580. The van der Waals surface area contributed by atoms with E-state index in [1.165, 1.54) is 10.4 Å². The molecule has 0 bridgehead atoms. The van der Waals surface area contributed by atoms with Crippen LogP contribution in [0.4, 0.5) is 0 Å². The van der Waals surface area contributed by atoms with Crippen LogP contribution < -0.4 is 5.32 Å². The zero-order valence-electron chi connectivity index (χ0n) is 10.00. The van der Waals surface area contributed by atoms with E-state index in [9.17, 15) is 0 Å². The van der Waals surface area contributed by atoms with E-state index in [0.29, 0.717) is 0 Å². The first-order chi connectivity index (χ1) is 8.22. The maximum atomic E-state index is 5.41. The lowest BCUT2D eigenvalue weighted by atomic mass is 10.1. The van der Waals surface area contributed by atoms with E-state index in [4.69, 9.17) is 4.42 Å². The highest BCUT2D eigenvalue weighted by Crippen LogP contribution is 2.32. The van der Waals surface area contributed by atoms with E-state index >= 15 is 0 Å². The second-order valence-electron chi connectivity index (χ2n) is 3.96. The van der Waals surface area contributed by atoms with Crippen LogP contribution in [0.5, 0.6) is 0 Å². The molecule has 0 amide bonds. The molecule has 2 aromatic rings. The van der Waals surface area contributed by atoms with Crippen LogP contribution in [0.25, 0.3) is 0 Å². The number of halogens is 1. The van der Waals surface area contributed by atoms with Crippen LogP contribution in [-0.4, -0.2) is 6.54 Å². The molecule has 92 valence electrons. The number of aryl methyl sites for hydroxylation is 1. The normalized spacial score (nSPS) is 12.9. The van der Waals surface area contributed by atoms with Crippen molar-refractivity contribution in [1.82, 2.24) is 5.32 Å². The van der Waals surface area contributed by atoms with Gasteiger partial charge in [-0.15, -0.1) is 11.3 Å². The lowest BCUT2D eigenvalue weighted by Gasteiger charge is -2.16. The van der Waals surface area contributed by atoms with E-state index < -0.39 is 0 Å². The Kier molecular flexibility index (Phi) is 4.42. The summed E-state index contributed by atoms with van der Waals surface area (Å²) < 4.78 is 6.57. The molecule has 0 saturated heterocycles. The van der Waals surface area contributed by atoms with Gasteiger partial charge in [-0.1, -0.05) is 6.92 Å². The average Bonchev–Trinajstić information content (AvgIpc) is 2.90. The van der Waals surface area contributed by atoms with E-state index in [1.807, 2.05) is 6.92 Å². The topological polar surface area (TPSA) is 25.2 Å². The number of hydrogen-bond donors (Lipinski definition) is 1. The Balaban J connectivity index is 2.28. The molecule has 4 heteroatoms. The molecule has 2 aromatic heterocycles. The lowest BCUT2D eigenvalue weighted by Crippen LogP contribution is -2.22. The van der Waals surface area contributed by atoms with Gasteiger partial charge in [-0.2, -0.15) is 0 Å². The third kappa shape index (κ3) is 3.00. The van der Waals surface area contributed by atoms with Gasteiger partial charge in [0.05, 0.1) is 16.1 Å². The van der Waals surface area contributed by atoms with Crippen molar-refractivity contribution in [2.75, 3.05) is 6.54 Å². The first-order valence-electron chi connectivity index (χ1n) is 5.75. The first kappa shape index (κ1) is 12.9. The molecule has 1 unspecified atom stereocenters. The second kappa shape index (κ2) is 5.85. The summed E-state index contributed by atoms with van der Waals surface area (Å²) in [6.07, 6.45) is 2.88. The van der Waals surface area contributed by atoms with Gasteiger partial charge in [0.25, 0.3) is 0 Å². The molecule has 0 fully saturated rings. The van der Waals surface area contributed by atoms with Gasteiger partial charge in [0.2, 0.25) is 0 Å². The van der Waals surface area contributed by atoms with Crippen LogP contribution in [0.2, 0.25) is 0 Å². The van der Waals surface area contributed by atoms with Gasteiger partial charge in [-0.3, -0.25) is 0 Å². The van der Waals surface area contributed by atoms with Crippen LogP contribution in [0, 0.1) is 6.92 Å². The summed E-state index contributed by atoms with van der Waals surface area (Å²) >= 11 is 5.28. The molecule has 0 spiro atoms. The number of rotatable bonds is 5. The van der Waals surface area contributed by atoms with Crippen LogP contribution in [0.1, 0.15) is 35.6 Å². The number of thiophene rings is 1. The fourth-order valence-electron chi connectivity index (χ4n) is 1.83. The first-order valence-corrected chi connectivity index (χ1v) is 7.36. The Labute approximate surface area is 114 Å². The van der Waals surface area contributed by atoms with E-state index in [-0.39, 0.29) is 6.04 Å². The Morgan fingerprint density at radius 2 is 2.24 bits per heavy atom. The predicted octanol–water partition coefficient (Wildman–Crippen LogP) is 4.50. The fourth-order valence-corrected chi connectivity index (χ4v) is 3.35. The van der Waals surface area contributed by atoms with Crippen LogP contribution in [0.3, 0.4) is 0 Å². The summed E-state index contributed by atoms with van der Waals surface area (Å²) in [5.74, 6) is 0.989. The minimum atomic E-state index is 0.241. The van der Waals surface area contributed by atoms with Crippen molar-refractivity contribution in [1.29, 1.82) is 0 Å². The zero-order chi connectivity index (χ0) is 12.3. The molecule has 2 rings (SSSR count). The summed E-state index contributed by atoms with van der Waals surface area (Å²) in [5.41, 5.74) is 1.23. The fraction of sp³-hybridized carbons (Fsp3) is 0.385. The molecular weight excluding hydrogens is 298 g/mol. The summed E-state index contributed by atoms with van der Waals surface area (Å²) in [7, 11) is 0. The molecule has 0 aliphatic rings. The van der Waals surface area contributed by atoms with Crippen molar-refractivity contribution in [3.8, 4) is 0 Å². The van der Waals surface area contributed by atoms with Gasteiger partial charge in [0, 0.05) is 10.4 Å². The van der Waals surface area contributed by atoms with Crippen LogP contribution >= 0.6 is 27.3 Å². The molecule has 0 aromatic carbocycles. The molecule has 0 saturated carbocycles.